The van der Waals surface area contributed by atoms with Gasteiger partial charge in [-0.05, 0) is 13.5 Å². The maximum atomic E-state index is 8.33. The van der Waals surface area contributed by atoms with Gasteiger partial charge < -0.3 is 5.11 Å². The summed E-state index contributed by atoms with van der Waals surface area (Å²) in [6, 6.07) is 0. The number of aliphatic hydroxyl groups excluding tert-OH is 1. The van der Waals surface area contributed by atoms with Crippen LogP contribution >= 0.6 is 0 Å². The third-order valence-electron chi connectivity index (χ3n) is 0.440. The lowest BCUT2D eigenvalue weighted by molar-refractivity contribution is 0.185. The van der Waals surface area contributed by atoms with Crippen molar-refractivity contribution in [1.29, 1.82) is 0 Å². The van der Waals surface area contributed by atoms with E-state index in [1.165, 1.54) is 0 Å². The second kappa shape index (κ2) is 3.12. The van der Waals surface area contributed by atoms with Gasteiger partial charge in [-0.2, -0.15) is 0 Å². The molecule has 0 aromatic heterocycles. The van der Waals surface area contributed by atoms with Crippen LogP contribution in [0, 0.1) is 6.92 Å². The summed E-state index contributed by atoms with van der Waals surface area (Å²) in [5.41, 5.74) is 0. The van der Waals surface area contributed by atoms with Gasteiger partial charge in [0.25, 0.3) is 0 Å². The van der Waals surface area contributed by atoms with E-state index >= 15 is 0 Å². The summed E-state index contributed by atoms with van der Waals surface area (Å²) in [7, 11) is 0. The van der Waals surface area contributed by atoms with E-state index < -0.39 is 6.23 Å². The van der Waals surface area contributed by atoms with Crippen molar-refractivity contribution < 1.29 is 5.11 Å². The summed E-state index contributed by atoms with van der Waals surface area (Å²) in [6.45, 7) is 5.95. The lowest BCUT2D eigenvalue weighted by atomic mass is 10.6. The van der Waals surface area contributed by atoms with Crippen LogP contribution in [-0.4, -0.2) is 17.9 Å². The first kappa shape index (κ1) is 5.92. The zero-order valence-electron chi connectivity index (χ0n) is 3.94. The largest absolute Gasteiger partial charge is 0.379 e. The summed E-state index contributed by atoms with van der Waals surface area (Å²) >= 11 is 0. The molecule has 0 aliphatic heterocycles. The molecule has 0 bridgehead atoms. The number of hydrogen-bond acceptors (Lipinski definition) is 2. The van der Waals surface area contributed by atoms with E-state index in [9.17, 15) is 0 Å². The van der Waals surface area contributed by atoms with Crippen LogP contribution in [0.4, 0.5) is 0 Å². The van der Waals surface area contributed by atoms with E-state index in [1.54, 1.807) is 0 Å². The molecule has 37 valence electrons. The molecule has 1 radical (unpaired) electrons. The Morgan fingerprint density at radius 2 is 2.50 bits per heavy atom. The van der Waals surface area contributed by atoms with Crippen molar-refractivity contribution in [3.05, 3.63) is 6.92 Å². The van der Waals surface area contributed by atoms with E-state index in [1.807, 2.05) is 6.92 Å². The van der Waals surface area contributed by atoms with Crippen LogP contribution in [-0.2, 0) is 0 Å². The Kier molecular flexibility index (Phi) is 3.08. The molecule has 2 heteroatoms. The third-order valence-corrected chi connectivity index (χ3v) is 0.440. The predicted octanol–water partition coefficient (Wildman–Crippen LogP) is -0.252. The summed E-state index contributed by atoms with van der Waals surface area (Å²) in [5, 5.41) is 11.0. The molecule has 0 saturated heterocycles. The Hall–Kier alpha value is -0.0800. The van der Waals surface area contributed by atoms with Crippen LogP contribution in [0.3, 0.4) is 0 Å². The second-order valence-corrected chi connectivity index (χ2v) is 1.07. The number of nitrogens with one attached hydrogen (secondary N) is 1. The molecule has 2 N–H and O–H groups in total. The molecule has 0 aliphatic carbocycles. The van der Waals surface area contributed by atoms with Crippen LogP contribution in [0.2, 0.25) is 0 Å². The predicted molar refractivity (Wildman–Crippen MR) is 25.0 cm³/mol. The molecule has 0 heterocycles. The zero-order valence-corrected chi connectivity index (χ0v) is 3.94. The van der Waals surface area contributed by atoms with Crippen molar-refractivity contribution in [2.75, 3.05) is 6.54 Å². The minimum Gasteiger partial charge on any atom is -0.379 e. The van der Waals surface area contributed by atoms with Gasteiger partial charge >= 0.3 is 0 Å². The van der Waals surface area contributed by atoms with Crippen LogP contribution in [0.5, 0.6) is 0 Å². The van der Waals surface area contributed by atoms with Gasteiger partial charge in [0.1, 0.15) is 6.23 Å². The monoisotopic (exact) mass is 88.1 g/mol. The fourth-order valence-electron chi connectivity index (χ4n) is 0.236. The normalized spacial score (nSPS) is 14.5. The fraction of sp³-hybridized carbons (Fsp3) is 0.750. The van der Waals surface area contributed by atoms with E-state index in [0.717, 1.165) is 6.54 Å². The SMILES string of the molecule is [CH2]C(O)NCC. The van der Waals surface area contributed by atoms with Gasteiger partial charge in [0.2, 0.25) is 0 Å². The molecule has 2 nitrogen and oxygen atoms in total. The maximum Gasteiger partial charge on any atom is 0.105 e. The average Bonchev–Trinajstić information content (AvgIpc) is 1.35. The maximum absolute atomic E-state index is 8.33. The molecule has 0 saturated carbocycles. The first-order valence-corrected chi connectivity index (χ1v) is 2.02. The summed E-state index contributed by atoms with van der Waals surface area (Å²) in [5.74, 6) is 0. The Morgan fingerprint density at radius 3 is 2.50 bits per heavy atom. The molecule has 0 aromatic rings. The third kappa shape index (κ3) is 3.92. The number of hydrogen-bond donors (Lipinski definition) is 2. The fourth-order valence-corrected chi connectivity index (χ4v) is 0.236. The molecular weight excluding hydrogens is 78.0 g/mol. The van der Waals surface area contributed by atoms with Gasteiger partial charge in [0, 0.05) is 0 Å². The minimum atomic E-state index is -0.602. The highest BCUT2D eigenvalue weighted by atomic mass is 16.3. The molecular formula is C4H10NO. The van der Waals surface area contributed by atoms with Crippen LogP contribution < -0.4 is 5.32 Å². The molecule has 6 heavy (non-hydrogen) atoms. The van der Waals surface area contributed by atoms with Crippen molar-refractivity contribution in [1.82, 2.24) is 5.32 Å². The highest BCUT2D eigenvalue weighted by molar-refractivity contribution is 4.48. The highest BCUT2D eigenvalue weighted by Crippen LogP contribution is 1.64. The lowest BCUT2D eigenvalue weighted by Gasteiger charge is -1.99. The molecule has 0 aliphatic rings. The van der Waals surface area contributed by atoms with Crippen molar-refractivity contribution in [2.45, 2.75) is 13.2 Å². The summed E-state index contributed by atoms with van der Waals surface area (Å²) in [6.07, 6.45) is -0.602. The standard InChI is InChI=1S/C4H10NO/c1-3-5-4(2)6/h4-6H,2-3H2,1H3. The smallest absolute Gasteiger partial charge is 0.105 e. The molecule has 1 unspecified atom stereocenters. The summed E-state index contributed by atoms with van der Waals surface area (Å²) in [4.78, 5) is 0. The average molecular weight is 88.1 g/mol. The molecule has 0 aromatic carbocycles. The number of aliphatic hydroxyl groups is 1. The van der Waals surface area contributed by atoms with Gasteiger partial charge in [-0.15, -0.1) is 0 Å². The first-order chi connectivity index (χ1) is 2.77. The quantitative estimate of drug-likeness (QED) is 0.456. The Balaban J connectivity index is 2.63. The highest BCUT2D eigenvalue weighted by Gasteiger charge is 1.84. The minimum absolute atomic E-state index is 0.602. The van der Waals surface area contributed by atoms with Gasteiger partial charge in [-0.3, -0.25) is 5.32 Å². The van der Waals surface area contributed by atoms with Crippen LogP contribution in [0.1, 0.15) is 6.92 Å². The van der Waals surface area contributed by atoms with Crippen molar-refractivity contribution in [3.8, 4) is 0 Å². The summed E-state index contributed by atoms with van der Waals surface area (Å²) < 4.78 is 0. The van der Waals surface area contributed by atoms with E-state index in [0.29, 0.717) is 0 Å². The van der Waals surface area contributed by atoms with Gasteiger partial charge in [-0.1, -0.05) is 6.92 Å². The van der Waals surface area contributed by atoms with E-state index in [-0.39, 0.29) is 0 Å². The Labute approximate surface area is 38.2 Å². The van der Waals surface area contributed by atoms with Crippen molar-refractivity contribution in [2.24, 2.45) is 0 Å². The number of rotatable bonds is 2. The molecule has 0 spiro atoms. The van der Waals surface area contributed by atoms with Crippen molar-refractivity contribution in [3.63, 3.8) is 0 Å². The molecule has 0 fully saturated rings. The van der Waals surface area contributed by atoms with Crippen LogP contribution in [0.25, 0.3) is 0 Å². The molecule has 0 amide bonds. The van der Waals surface area contributed by atoms with Gasteiger partial charge in [-0.25, -0.2) is 0 Å². The molecule has 1 atom stereocenters. The van der Waals surface area contributed by atoms with Crippen LogP contribution in [0.15, 0.2) is 0 Å². The topological polar surface area (TPSA) is 32.3 Å². The molecule has 0 rings (SSSR count). The van der Waals surface area contributed by atoms with Gasteiger partial charge in [0.15, 0.2) is 0 Å². The zero-order chi connectivity index (χ0) is 4.99. The first-order valence-electron chi connectivity index (χ1n) is 2.02. The van der Waals surface area contributed by atoms with E-state index in [2.05, 4.69) is 12.2 Å². The van der Waals surface area contributed by atoms with Gasteiger partial charge in [0.05, 0.1) is 0 Å². The Morgan fingerprint density at radius 1 is 2.00 bits per heavy atom. The Bertz CT molecular complexity index is 28.7. The van der Waals surface area contributed by atoms with E-state index in [4.69, 9.17) is 5.11 Å². The lowest BCUT2D eigenvalue weighted by Crippen LogP contribution is -2.24. The van der Waals surface area contributed by atoms with Crippen molar-refractivity contribution >= 4 is 0 Å². The second-order valence-electron chi connectivity index (χ2n) is 1.07.